The van der Waals surface area contributed by atoms with Crippen molar-refractivity contribution in [2.75, 3.05) is 5.75 Å². The molecule has 1 aliphatic rings. The third kappa shape index (κ3) is 4.15. The average Bonchev–Trinajstić information content (AvgIpc) is 2.97. The molecule has 0 spiro atoms. The molecule has 1 aliphatic heterocycles. The molecule has 0 bridgehead atoms. The van der Waals surface area contributed by atoms with E-state index in [2.05, 4.69) is 19.4 Å². The van der Waals surface area contributed by atoms with Crippen LogP contribution < -0.4 is 5.73 Å². The molecule has 10 heteroatoms. The zero-order chi connectivity index (χ0) is 19.8. The number of carbonyl (C=O) groups is 1. The minimum Gasteiger partial charge on any atom is -0.436 e. The van der Waals surface area contributed by atoms with Gasteiger partial charge in [-0.25, -0.2) is 4.98 Å². The zero-order valence-electron chi connectivity index (χ0n) is 14.6. The van der Waals surface area contributed by atoms with Crippen LogP contribution in [0.5, 0.6) is 0 Å². The van der Waals surface area contributed by atoms with Crippen LogP contribution in [0.2, 0.25) is 0 Å². The molecule has 0 radical (unpaired) electrons. The van der Waals surface area contributed by atoms with E-state index in [0.29, 0.717) is 10.7 Å². The lowest BCUT2D eigenvalue weighted by atomic mass is 9.90. The lowest BCUT2D eigenvalue weighted by Crippen LogP contribution is -2.29. The number of hydrogen-bond acceptors (Lipinski definition) is 7. The van der Waals surface area contributed by atoms with Crippen LogP contribution in [-0.4, -0.2) is 26.7 Å². The van der Waals surface area contributed by atoms with Crippen LogP contribution in [-0.2, 0) is 18.1 Å². The molecule has 2 aromatic heterocycles. The van der Waals surface area contributed by atoms with Gasteiger partial charge >= 0.3 is 6.18 Å². The predicted molar refractivity (Wildman–Crippen MR) is 94.6 cm³/mol. The number of thioether (sulfide) groups is 1. The van der Waals surface area contributed by atoms with Gasteiger partial charge < -0.3 is 10.2 Å². The number of aryl methyl sites for hydroxylation is 1. The molecule has 1 atom stereocenters. The molecule has 3 heterocycles. The quantitative estimate of drug-likeness (QED) is 0.793. The summed E-state index contributed by atoms with van der Waals surface area (Å²) in [6.07, 6.45) is -1.26. The molecule has 6 nitrogen and oxygen atoms in total. The van der Waals surface area contributed by atoms with E-state index in [0.717, 1.165) is 17.7 Å². The van der Waals surface area contributed by atoms with E-state index < -0.39 is 29.0 Å². The smallest absolute Gasteiger partial charge is 0.436 e. The van der Waals surface area contributed by atoms with Crippen LogP contribution in [0.4, 0.5) is 13.2 Å². The molecule has 0 fully saturated rings. The van der Waals surface area contributed by atoms with Crippen LogP contribution in [0.15, 0.2) is 27.9 Å². The SMILES string of the molecule is Cc1nc(C(=O)Cc2cncc([C@]3(C)CCSC(N)=N3)c2)c(C(F)(F)F)o1. The minimum absolute atomic E-state index is 0.213. The summed E-state index contributed by atoms with van der Waals surface area (Å²) in [5.74, 6) is -1.58. The number of carbonyl (C=O) groups excluding carboxylic acids is 1. The van der Waals surface area contributed by atoms with Crippen molar-refractivity contribution in [3.8, 4) is 0 Å². The second kappa shape index (κ2) is 6.99. The van der Waals surface area contributed by atoms with Crippen LogP contribution in [0.25, 0.3) is 0 Å². The lowest BCUT2D eigenvalue weighted by Gasteiger charge is -2.29. The average molecular weight is 398 g/mol. The fraction of sp³-hybridized carbons (Fsp3) is 0.412. The Morgan fingerprint density at radius 1 is 1.41 bits per heavy atom. The van der Waals surface area contributed by atoms with Gasteiger partial charge in [0.05, 0.1) is 5.54 Å². The maximum Gasteiger partial charge on any atom is 0.452 e. The first-order valence-electron chi connectivity index (χ1n) is 8.09. The van der Waals surface area contributed by atoms with Gasteiger partial charge in [-0.2, -0.15) is 13.2 Å². The number of amidine groups is 1. The van der Waals surface area contributed by atoms with Crippen molar-refractivity contribution < 1.29 is 22.4 Å². The summed E-state index contributed by atoms with van der Waals surface area (Å²) in [4.78, 5) is 24.6. The Labute approximate surface area is 157 Å². The molecule has 144 valence electrons. The van der Waals surface area contributed by atoms with Crippen molar-refractivity contribution in [2.24, 2.45) is 10.7 Å². The van der Waals surface area contributed by atoms with Gasteiger partial charge in [-0.05, 0) is 30.5 Å². The van der Waals surface area contributed by atoms with E-state index in [9.17, 15) is 18.0 Å². The van der Waals surface area contributed by atoms with Crippen molar-refractivity contribution >= 4 is 22.7 Å². The molecule has 0 saturated carbocycles. The maximum atomic E-state index is 13.0. The van der Waals surface area contributed by atoms with Crippen molar-refractivity contribution in [2.45, 2.75) is 38.4 Å². The Balaban J connectivity index is 1.88. The molecule has 27 heavy (non-hydrogen) atoms. The fourth-order valence-corrected chi connectivity index (χ4v) is 3.83. The first-order valence-corrected chi connectivity index (χ1v) is 9.07. The van der Waals surface area contributed by atoms with Crippen molar-refractivity contribution in [3.63, 3.8) is 0 Å². The molecule has 2 aromatic rings. The van der Waals surface area contributed by atoms with Gasteiger partial charge in [0.1, 0.15) is 0 Å². The highest BCUT2D eigenvalue weighted by Gasteiger charge is 2.41. The largest absolute Gasteiger partial charge is 0.452 e. The normalized spacial score (nSPS) is 20.4. The minimum atomic E-state index is -4.79. The Morgan fingerprint density at radius 2 is 2.15 bits per heavy atom. The van der Waals surface area contributed by atoms with Crippen LogP contribution in [0.1, 0.15) is 46.6 Å². The van der Waals surface area contributed by atoms with Gasteiger partial charge in [0, 0.05) is 31.5 Å². The number of aromatic nitrogens is 2. The van der Waals surface area contributed by atoms with E-state index in [4.69, 9.17) is 5.73 Å². The topological polar surface area (TPSA) is 94.4 Å². The first-order chi connectivity index (χ1) is 12.6. The highest BCUT2D eigenvalue weighted by atomic mass is 32.2. The lowest BCUT2D eigenvalue weighted by molar-refractivity contribution is -0.153. The Morgan fingerprint density at radius 3 is 2.81 bits per heavy atom. The molecular formula is C17H17F3N4O2S. The fourth-order valence-electron chi connectivity index (χ4n) is 2.85. The molecule has 0 unspecified atom stereocenters. The third-order valence-corrected chi connectivity index (χ3v) is 5.03. The van der Waals surface area contributed by atoms with Crippen LogP contribution in [0, 0.1) is 6.92 Å². The number of nitrogens with two attached hydrogens (primary N) is 1. The summed E-state index contributed by atoms with van der Waals surface area (Å²) in [5, 5.41) is 0.470. The molecule has 2 N–H and O–H groups in total. The Kier molecular flexibility index (Phi) is 5.02. The number of oxazole rings is 1. The molecule has 0 amide bonds. The zero-order valence-corrected chi connectivity index (χ0v) is 15.4. The molecular weight excluding hydrogens is 381 g/mol. The van der Waals surface area contributed by atoms with E-state index in [1.54, 1.807) is 12.3 Å². The van der Waals surface area contributed by atoms with Crippen molar-refractivity contribution in [1.29, 1.82) is 0 Å². The number of Topliss-reactive ketones (excluding diaryl/α,β-unsaturated/α-hetero) is 1. The monoisotopic (exact) mass is 398 g/mol. The van der Waals surface area contributed by atoms with Crippen LogP contribution in [0.3, 0.4) is 0 Å². The summed E-state index contributed by atoms with van der Waals surface area (Å²) in [6, 6.07) is 1.72. The van der Waals surface area contributed by atoms with Gasteiger partial charge in [-0.15, -0.1) is 0 Å². The predicted octanol–water partition coefficient (Wildman–Crippen LogP) is 3.49. The Hall–Kier alpha value is -2.36. The summed E-state index contributed by atoms with van der Waals surface area (Å²) in [6.45, 7) is 3.17. The van der Waals surface area contributed by atoms with E-state index in [1.165, 1.54) is 24.9 Å². The molecule has 0 aliphatic carbocycles. The van der Waals surface area contributed by atoms with Gasteiger partial charge in [-0.3, -0.25) is 14.8 Å². The highest BCUT2D eigenvalue weighted by molar-refractivity contribution is 8.13. The summed E-state index contributed by atoms with van der Waals surface area (Å²) < 4.78 is 43.7. The van der Waals surface area contributed by atoms with Crippen LogP contribution >= 0.6 is 11.8 Å². The molecule has 0 saturated heterocycles. The third-order valence-electron chi connectivity index (χ3n) is 4.23. The van der Waals surface area contributed by atoms with Gasteiger partial charge in [0.2, 0.25) is 5.76 Å². The maximum absolute atomic E-state index is 13.0. The number of halogens is 3. The number of nitrogens with zero attached hydrogens (tertiary/aromatic N) is 3. The number of pyridine rings is 1. The Bertz CT molecular complexity index is 910. The van der Waals surface area contributed by atoms with E-state index in [1.807, 2.05) is 6.92 Å². The number of hydrogen-bond donors (Lipinski definition) is 1. The van der Waals surface area contributed by atoms with Crippen molar-refractivity contribution in [3.05, 3.63) is 46.9 Å². The number of ketones is 1. The summed E-state index contributed by atoms with van der Waals surface area (Å²) >= 11 is 1.46. The second-order valence-corrected chi connectivity index (χ2v) is 7.53. The molecule has 0 aromatic carbocycles. The summed E-state index contributed by atoms with van der Waals surface area (Å²) in [5.41, 5.74) is 5.75. The number of aliphatic imine (C=N–C) groups is 1. The number of rotatable bonds is 4. The first kappa shape index (κ1) is 19.4. The second-order valence-electron chi connectivity index (χ2n) is 6.41. The van der Waals surface area contributed by atoms with Gasteiger partial charge in [0.25, 0.3) is 0 Å². The standard InChI is InChI=1S/C17H17F3N4O2S/c1-9-23-13(14(26-9)17(18,19)20)12(25)6-10-5-11(8-22-7-10)16(2)3-4-27-15(21)24-16/h5,7-8H,3-4,6H2,1-2H3,(H2,21,24)/t16-/m0/s1. The summed E-state index contributed by atoms with van der Waals surface area (Å²) in [7, 11) is 0. The van der Waals surface area contributed by atoms with Crippen molar-refractivity contribution in [1.82, 2.24) is 9.97 Å². The van der Waals surface area contributed by atoms with Gasteiger partial charge in [-0.1, -0.05) is 11.8 Å². The number of alkyl halides is 3. The van der Waals surface area contributed by atoms with E-state index >= 15 is 0 Å². The van der Waals surface area contributed by atoms with Gasteiger partial charge in [0.15, 0.2) is 22.5 Å². The van der Waals surface area contributed by atoms with E-state index in [-0.39, 0.29) is 12.3 Å². The highest BCUT2D eigenvalue weighted by Crippen LogP contribution is 2.35. The molecule has 3 rings (SSSR count).